The molecule has 1 unspecified atom stereocenters. The van der Waals surface area contributed by atoms with Gasteiger partial charge in [0, 0.05) is 0 Å². The maximum Gasteiger partial charge on any atom is -0.0352 e. The lowest BCUT2D eigenvalue weighted by molar-refractivity contribution is 0.552. The van der Waals surface area contributed by atoms with Crippen molar-refractivity contribution in [2.45, 2.75) is 32.6 Å². The number of hydrogen-bond donors (Lipinski definition) is 0. The van der Waals surface area contributed by atoms with Gasteiger partial charge in [-0.25, -0.2) is 0 Å². The van der Waals surface area contributed by atoms with E-state index in [2.05, 4.69) is 25.5 Å². The largest absolute Gasteiger partial charge is 0.328 e. The molecule has 0 saturated heterocycles. The van der Waals surface area contributed by atoms with E-state index in [-0.39, 0.29) is 0 Å². The van der Waals surface area contributed by atoms with E-state index in [1.165, 1.54) is 25.7 Å². The van der Waals surface area contributed by atoms with Crippen LogP contribution in [0.2, 0.25) is 0 Å². The fraction of sp³-hybridized carbons (Fsp3) is 0.667. The lowest BCUT2D eigenvalue weighted by Crippen LogP contribution is -1.94. The van der Waals surface area contributed by atoms with Gasteiger partial charge in [-0.3, -0.25) is 0 Å². The Morgan fingerprint density at radius 3 is 3.11 bits per heavy atom. The quantitative estimate of drug-likeness (QED) is 0.371. The normalized spacial score (nSPS) is 27.9. The van der Waals surface area contributed by atoms with E-state index in [1.807, 2.05) is 0 Å². The molecule has 0 aromatic rings. The van der Waals surface area contributed by atoms with Crippen LogP contribution < -0.4 is 0 Å². The van der Waals surface area contributed by atoms with Crippen molar-refractivity contribution >= 4 is 0 Å². The lowest BCUT2D eigenvalue weighted by Gasteiger charge is -2.18. The Morgan fingerprint density at radius 1 is 1.44 bits per heavy atom. The molecule has 9 heavy (non-hydrogen) atoms. The zero-order chi connectivity index (χ0) is 6.53. The van der Waals surface area contributed by atoms with Crippen LogP contribution in [0, 0.1) is 12.3 Å². The third-order valence-electron chi connectivity index (χ3n) is 2.02. The molecule has 0 nitrogen and oxygen atoms in total. The number of allylic oxidation sites excluding steroid dienone is 2. The summed E-state index contributed by atoms with van der Waals surface area (Å²) in [6.45, 7) is 2.17. The fourth-order valence-corrected chi connectivity index (χ4v) is 1.31. The maximum absolute atomic E-state index is 2.33. The monoisotopic (exact) mass is 123 g/mol. The molecule has 0 spiro atoms. The fourth-order valence-electron chi connectivity index (χ4n) is 1.31. The van der Waals surface area contributed by atoms with Gasteiger partial charge in [0.05, 0.1) is 0 Å². The molecule has 1 rings (SSSR count). The average molecular weight is 123 g/mol. The van der Waals surface area contributed by atoms with Crippen LogP contribution >= 0.6 is 0 Å². The molecule has 1 atom stereocenters. The SMILES string of the molecule is C[CH-]C1CC=CCCC1. The molecule has 52 valence electrons. The predicted molar refractivity (Wildman–Crippen MR) is 41.1 cm³/mol. The van der Waals surface area contributed by atoms with Crippen molar-refractivity contribution in [3.05, 3.63) is 18.6 Å². The van der Waals surface area contributed by atoms with Gasteiger partial charge in [-0.05, 0) is 6.42 Å². The minimum Gasteiger partial charge on any atom is -0.328 e. The van der Waals surface area contributed by atoms with Crippen LogP contribution in [0.5, 0.6) is 0 Å². The zero-order valence-electron chi connectivity index (χ0n) is 6.14. The molecule has 0 bridgehead atoms. The van der Waals surface area contributed by atoms with E-state index < -0.39 is 0 Å². The van der Waals surface area contributed by atoms with E-state index >= 15 is 0 Å². The summed E-state index contributed by atoms with van der Waals surface area (Å²) in [5.74, 6) is 0.865. The molecule has 0 aliphatic heterocycles. The molecule has 1 aliphatic rings. The van der Waals surface area contributed by atoms with Crippen LogP contribution in [0.3, 0.4) is 0 Å². The molecule has 0 fully saturated rings. The number of hydrogen-bond acceptors (Lipinski definition) is 0. The van der Waals surface area contributed by atoms with E-state index in [9.17, 15) is 0 Å². The molecule has 0 aromatic heterocycles. The smallest absolute Gasteiger partial charge is 0.0352 e. The Hall–Kier alpha value is -0.260. The molecular weight excluding hydrogens is 108 g/mol. The van der Waals surface area contributed by atoms with E-state index in [1.54, 1.807) is 0 Å². The van der Waals surface area contributed by atoms with E-state index in [0.29, 0.717) is 0 Å². The Balaban J connectivity index is 2.29. The lowest BCUT2D eigenvalue weighted by atomic mass is 9.98. The summed E-state index contributed by atoms with van der Waals surface area (Å²) in [5.41, 5.74) is 0. The van der Waals surface area contributed by atoms with Crippen LogP contribution in [0.1, 0.15) is 32.6 Å². The second-order valence-electron chi connectivity index (χ2n) is 2.73. The van der Waals surface area contributed by atoms with Gasteiger partial charge in [0.25, 0.3) is 0 Å². The molecule has 0 aromatic carbocycles. The highest BCUT2D eigenvalue weighted by Gasteiger charge is 1.97. The zero-order valence-corrected chi connectivity index (χ0v) is 6.14. The molecular formula is C9H15-. The maximum atomic E-state index is 2.33. The second-order valence-corrected chi connectivity index (χ2v) is 2.73. The van der Waals surface area contributed by atoms with Crippen molar-refractivity contribution in [1.29, 1.82) is 0 Å². The molecule has 0 heteroatoms. The first-order valence-corrected chi connectivity index (χ1v) is 3.88. The van der Waals surface area contributed by atoms with E-state index in [4.69, 9.17) is 0 Å². The second kappa shape index (κ2) is 3.71. The third kappa shape index (κ3) is 2.21. The Kier molecular flexibility index (Phi) is 2.82. The number of rotatable bonds is 1. The minimum atomic E-state index is 0.865. The third-order valence-corrected chi connectivity index (χ3v) is 2.02. The molecule has 0 heterocycles. The van der Waals surface area contributed by atoms with Gasteiger partial charge in [0.1, 0.15) is 0 Å². The summed E-state index contributed by atoms with van der Waals surface area (Å²) in [6.07, 6.45) is 12.3. The topological polar surface area (TPSA) is 0 Å². The first-order chi connectivity index (χ1) is 4.43. The van der Waals surface area contributed by atoms with Gasteiger partial charge >= 0.3 is 0 Å². The average Bonchev–Trinajstić information content (AvgIpc) is 2.13. The highest BCUT2D eigenvalue weighted by atomic mass is 14.1. The first-order valence-electron chi connectivity index (χ1n) is 3.88. The predicted octanol–water partition coefficient (Wildman–Crippen LogP) is 2.96. The summed E-state index contributed by atoms with van der Waals surface area (Å²) >= 11 is 0. The summed E-state index contributed by atoms with van der Waals surface area (Å²) in [6, 6.07) is 0. The summed E-state index contributed by atoms with van der Waals surface area (Å²) in [7, 11) is 0. The minimum absolute atomic E-state index is 0.865. The molecule has 0 N–H and O–H groups in total. The van der Waals surface area contributed by atoms with Gasteiger partial charge in [-0.15, -0.1) is 0 Å². The highest BCUT2D eigenvalue weighted by Crippen LogP contribution is 2.19. The van der Waals surface area contributed by atoms with Crippen molar-refractivity contribution in [1.82, 2.24) is 0 Å². The Labute approximate surface area is 58.0 Å². The van der Waals surface area contributed by atoms with Crippen LogP contribution in [0.25, 0.3) is 0 Å². The van der Waals surface area contributed by atoms with Crippen molar-refractivity contribution < 1.29 is 0 Å². The van der Waals surface area contributed by atoms with Gasteiger partial charge in [0.2, 0.25) is 0 Å². The Bertz CT molecular complexity index is 92.2. The van der Waals surface area contributed by atoms with Crippen LogP contribution in [0.4, 0.5) is 0 Å². The molecule has 0 amide bonds. The summed E-state index contributed by atoms with van der Waals surface area (Å²) < 4.78 is 0. The van der Waals surface area contributed by atoms with Gasteiger partial charge in [-0.2, -0.15) is 12.8 Å². The molecule has 1 aliphatic carbocycles. The molecule has 0 radical (unpaired) electrons. The summed E-state index contributed by atoms with van der Waals surface area (Å²) in [4.78, 5) is 0. The first kappa shape index (κ1) is 6.85. The molecule has 0 saturated carbocycles. The Morgan fingerprint density at radius 2 is 2.33 bits per heavy atom. The summed E-state index contributed by atoms with van der Waals surface area (Å²) in [5, 5.41) is 0. The van der Waals surface area contributed by atoms with E-state index in [0.717, 1.165) is 5.92 Å². The van der Waals surface area contributed by atoms with Crippen LogP contribution in [-0.4, -0.2) is 0 Å². The van der Waals surface area contributed by atoms with Gasteiger partial charge in [-0.1, -0.05) is 31.4 Å². The van der Waals surface area contributed by atoms with Crippen LogP contribution in [0.15, 0.2) is 12.2 Å². The highest BCUT2D eigenvalue weighted by molar-refractivity contribution is 4.90. The van der Waals surface area contributed by atoms with Crippen LogP contribution in [-0.2, 0) is 0 Å². The van der Waals surface area contributed by atoms with Gasteiger partial charge < -0.3 is 6.42 Å². The van der Waals surface area contributed by atoms with Gasteiger partial charge in [0.15, 0.2) is 0 Å². The standard InChI is InChI=1S/C9H15/c1-2-9-7-5-3-4-6-8-9/h2-3,5,9H,4,6-8H2,1H3/q-1. The van der Waals surface area contributed by atoms with Crippen molar-refractivity contribution in [3.8, 4) is 0 Å². The van der Waals surface area contributed by atoms with Crippen molar-refractivity contribution in [2.75, 3.05) is 0 Å². The van der Waals surface area contributed by atoms with Crippen molar-refractivity contribution in [3.63, 3.8) is 0 Å². The van der Waals surface area contributed by atoms with Crippen molar-refractivity contribution in [2.24, 2.45) is 5.92 Å².